The molecule has 94 valence electrons. The molecule has 1 aromatic heterocycles. The molecule has 0 bridgehead atoms. The predicted molar refractivity (Wildman–Crippen MR) is 82.0 cm³/mol. The second-order valence-electron chi connectivity index (χ2n) is 4.75. The molecular weight excluding hydrogens is 252 g/mol. The lowest BCUT2D eigenvalue weighted by molar-refractivity contribution is 0.615. The summed E-state index contributed by atoms with van der Waals surface area (Å²) >= 11 is 5.55. The second-order valence-corrected chi connectivity index (χ2v) is 5.16. The number of aryl methyl sites for hydroxylation is 1. The molecule has 3 rings (SSSR count). The van der Waals surface area contributed by atoms with Crippen LogP contribution in [-0.2, 0) is 0 Å². The molecule has 0 aliphatic heterocycles. The van der Waals surface area contributed by atoms with Crippen LogP contribution in [-0.4, -0.2) is 0 Å². The molecule has 2 heteroatoms. The Bertz CT molecular complexity index is 798. The van der Waals surface area contributed by atoms with Crippen LogP contribution in [0.2, 0.25) is 0 Å². The fourth-order valence-corrected chi connectivity index (χ4v) is 2.48. The van der Waals surface area contributed by atoms with Crippen LogP contribution < -0.4 is 0 Å². The van der Waals surface area contributed by atoms with E-state index in [4.69, 9.17) is 16.6 Å². The number of hydrogen-bond acceptors (Lipinski definition) is 2. The van der Waals surface area contributed by atoms with Crippen molar-refractivity contribution >= 4 is 23.2 Å². The van der Waals surface area contributed by atoms with Gasteiger partial charge in [-0.3, -0.25) is 0 Å². The first-order valence-corrected chi connectivity index (χ1v) is 6.67. The van der Waals surface area contributed by atoms with E-state index in [-0.39, 0.29) is 0 Å². The quantitative estimate of drug-likeness (QED) is 0.543. The molecule has 0 atom stereocenters. The number of fused-ring (bicyclic) bond motifs is 1. The molecule has 0 aliphatic carbocycles. The zero-order chi connectivity index (χ0) is 13.4. The Morgan fingerprint density at radius 3 is 2.32 bits per heavy atom. The smallest absolute Gasteiger partial charge is 0.139 e. The summed E-state index contributed by atoms with van der Waals surface area (Å²) in [4.78, 5) is 0. The van der Waals surface area contributed by atoms with E-state index < -0.39 is 0 Å². The molecule has 0 unspecified atom stereocenters. The highest BCUT2D eigenvalue weighted by molar-refractivity contribution is 7.71. The summed E-state index contributed by atoms with van der Waals surface area (Å²) in [7, 11) is 0. The van der Waals surface area contributed by atoms with Gasteiger partial charge in [-0.2, -0.15) is 0 Å². The minimum atomic E-state index is 0.841. The molecule has 0 saturated heterocycles. The molecule has 0 radical (unpaired) electrons. The third-order valence-corrected chi connectivity index (χ3v) is 3.86. The summed E-state index contributed by atoms with van der Waals surface area (Å²) < 4.78 is 6.91. The lowest BCUT2D eigenvalue weighted by Gasteiger charge is -2.08. The van der Waals surface area contributed by atoms with Crippen molar-refractivity contribution in [2.75, 3.05) is 0 Å². The van der Waals surface area contributed by atoms with Crippen molar-refractivity contribution in [2.45, 2.75) is 13.8 Å². The van der Waals surface area contributed by atoms with Gasteiger partial charge in [0.1, 0.15) is 11.3 Å². The van der Waals surface area contributed by atoms with Gasteiger partial charge in [0.05, 0.1) is 4.51 Å². The van der Waals surface area contributed by atoms with E-state index in [0.717, 1.165) is 32.4 Å². The fraction of sp³-hybridized carbons (Fsp3) is 0.118. The summed E-state index contributed by atoms with van der Waals surface area (Å²) in [5.74, 6) is 0.865. The largest absolute Gasteiger partial charge is 0.456 e. The van der Waals surface area contributed by atoms with Crippen LogP contribution in [0.5, 0.6) is 0 Å². The summed E-state index contributed by atoms with van der Waals surface area (Å²) in [6.45, 7) is 4.10. The zero-order valence-electron chi connectivity index (χ0n) is 10.9. The number of hydrogen-bond donors (Lipinski definition) is 0. The maximum atomic E-state index is 6.03. The second kappa shape index (κ2) is 4.63. The molecule has 0 saturated carbocycles. The third-order valence-electron chi connectivity index (χ3n) is 3.34. The Morgan fingerprint density at radius 1 is 0.895 bits per heavy atom. The summed E-state index contributed by atoms with van der Waals surface area (Å²) in [6, 6.07) is 16.2. The Balaban J connectivity index is 2.33. The average Bonchev–Trinajstić information content (AvgIpc) is 2.44. The molecule has 0 fully saturated rings. The predicted octanol–water partition coefficient (Wildman–Crippen LogP) is 5.45. The van der Waals surface area contributed by atoms with E-state index >= 15 is 0 Å². The Labute approximate surface area is 117 Å². The molecule has 0 aliphatic rings. The van der Waals surface area contributed by atoms with Gasteiger partial charge in [-0.05, 0) is 26.0 Å². The van der Waals surface area contributed by atoms with Crippen LogP contribution in [0.4, 0.5) is 0 Å². The third kappa shape index (κ3) is 2.08. The lowest BCUT2D eigenvalue weighted by atomic mass is 10.1. The number of benzene rings is 2. The first-order valence-electron chi connectivity index (χ1n) is 6.26. The maximum absolute atomic E-state index is 6.03. The van der Waals surface area contributed by atoms with Crippen LogP contribution in [0.25, 0.3) is 22.3 Å². The van der Waals surface area contributed by atoms with E-state index in [9.17, 15) is 0 Å². The van der Waals surface area contributed by atoms with Crippen molar-refractivity contribution in [3.05, 3.63) is 64.2 Å². The minimum absolute atomic E-state index is 0.841. The first kappa shape index (κ1) is 12.1. The van der Waals surface area contributed by atoms with E-state index in [0.29, 0.717) is 0 Å². The Hall–Kier alpha value is -1.93. The summed E-state index contributed by atoms with van der Waals surface area (Å²) in [5, 5.41) is 1.01. The molecule has 2 aromatic carbocycles. The molecule has 1 heterocycles. The van der Waals surface area contributed by atoms with E-state index in [1.54, 1.807) is 0 Å². The van der Waals surface area contributed by atoms with Gasteiger partial charge in [0.15, 0.2) is 0 Å². The van der Waals surface area contributed by atoms with Crippen LogP contribution in [0, 0.1) is 18.4 Å². The van der Waals surface area contributed by atoms with Gasteiger partial charge in [0.25, 0.3) is 0 Å². The first-order chi connectivity index (χ1) is 9.16. The van der Waals surface area contributed by atoms with Crippen molar-refractivity contribution < 1.29 is 4.42 Å². The van der Waals surface area contributed by atoms with Gasteiger partial charge in [-0.1, -0.05) is 54.2 Å². The van der Waals surface area contributed by atoms with Crippen molar-refractivity contribution in [1.29, 1.82) is 0 Å². The highest BCUT2D eigenvalue weighted by Crippen LogP contribution is 2.30. The monoisotopic (exact) mass is 266 g/mol. The SMILES string of the molecule is Cc1ccc(-c2oc3ccccc3c(=S)c2C)cc1. The van der Waals surface area contributed by atoms with Gasteiger partial charge in [-0.15, -0.1) is 0 Å². The topological polar surface area (TPSA) is 13.1 Å². The van der Waals surface area contributed by atoms with Gasteiger partial charge in [-0.25, -0.2) is 0 Å². The summed E-state index contributed by atoms with van der Waals surface area (Å²) in [5.41, 5.74) is 4.17. The van der Waals surface area contributed by atoms with Gasteiger partial charge in [0.2, 0.25) is 0 Å². The van der Waals surface area contributed by atoms with Crippen LogP contribution >= 0.6 is 12.2 Å². The summed E-state index contributed by atoms with van der Waals surface area (Å²) in [6.07, 6.45) is 0. The highest BCUT2D eigenvalue weighted by atomic mass is 32.1. The van der Waals surface area contributed by atoms with E-state index in [1.165, 1.54) is 5.56 Å². The number of rotatable bonds is 1. The van der Waals surface area contributed by atoms with Crippen LogP contribution in [0.1, 0.15) is 11.1 Å². The Morgan fingerprint density at radius 2 is 1.58 bits per heavy atom. The molecule has 19 heavy (non-hydrogen) atoms. The lowest BCUT2D eigenvalue weighted by Crippen LogP contribution is -1.87. The Kier molecular flexibility index (Phi) is 2.96. The zero-order valence-corrected chi connectivity index (χ0v) is 11.8. The standard InChI is InChI=1S/C17H14OS/c1-11-7-9-13(10-8-11)16-12(2)17(19)14-5-3-4-6-15(14)18-16/h3-10H,1-2H3. The van der Waals surface area contributed by atoms with Crippen LogP contribution in [0.3, 0.4) is 0 Å². The fourth-order valence-electron chi connectivity index (χ4n) is 2.22. The highest BCUT2D eigenvalue weighted by Gasteiger charge is 2.09. The van der Waals surface area contributed by atoms with E-state index in [2.05, 4.69) is 31.2 Å². The minimum Gasteiger partial charge on any atom is -0.456 e. The molecule has 1 nitrogen and oxygen atoms in total. The number of para-hydroxylation sites is 1. The normalized spacial score (nSPS) is 10.8. The molecule has 0 spiro atoms. The van der Waals surface area contributed by atoms with Crippen molar-refractivity contribution in [3.8, 4) is 11.3 Å². The molecular formula is C17H14OS. The van der Waals surface area contributed by atoms with Gasteiger partial charge in [0, 0.05) is 16.5 Å². The average molecular weight is 266 g/mol. The van der Waals surface area contributed by atoms with Gasteiger partial charge < -0.3 is 4.42 Å². The molecule has 0 N–H and O–H groups in total. The van der Waals surface area contributed by atoms with Crippen molar-refractivity contribution in [2.24, 2.45) is 0 Å². The molecule has 0 amide bonds. The van der Waals surface area contributed by atoms with Crippen molar-refractivity contribution in [1.82, 2.24) is 0 Å². The van der Waals surface area contributed by atoms with E-state index in [1.807, 2.05) is 31.2 Å². The van der Waals surface area contributed by atoms with Gasteiger partial charge >= 0.3 is 0 Å². The maximum Gasteiger partial charge on any atom is 0.139 e. The van der Waals surface area contributed by atoms with Crippen LogP contribution in [0.15, 0.2) is 52.9 Å². The van der Waals surface area contributed by atoms with Crippen molar-refractivity contribution in [3.63, 3.8) is 0 Å². The molecule has 3 aromatic rings.